The monoisotopic (exact) mass is 346 g/mol. The van der Waals surface area contributed by atoms with Gasteiger partial charge < -0.3 is 14.6 Å². The molecule has 1 saturated carbocycles. The Morgan fingerprint density at radius 2 is 2.20 bits per heavy atom. The molecule has 5 heteroatoms. The lowest BCUT2D eigenvalue weighted by atomic mass is 9.91. The molecule has 2 rings (SSSR count). The van der Waals surface area contributed by atoms with E-state index >= 15 is 0 Å². The van der Waals surface area contributed by atoms with Gasteiger partial charge in [0, 0.05) is 18.8 Å². The molecule has 3 unspecified atom stereocenters. The summed E-state index contributed by atoms with van der Waals surface area (Å²) in [6.07, 6.45) is 10.3. The summed E-state index contributed by atoms with van der Waals surface area (Å²) >= 11 is 0. The molecule has 0 spiro atoms. The molecule has 1 aliphatic carbocycles. The third kappa shape index (κ3) is 6.02. The van der Waals surface area contributed by atoms with Crippen molar-refractivity contribution in [2.75, 3.05) is 0 Å². The van der Waals surface area contributed by atoms with Crippen LogP contribution in [0.5, 0.6) is 0 Å². The third-order valence-electron chi connectivity index (χ3n) is 4.57. The Morgan fingerprint density at radius 1 is 1.40 bits per heavy atom. The quantitative estimate of drug-likeness (QED) is 0.522. The van der Waals surface area contributed by atoms with Crippen LogP contribution in [0.25, 0.3) is 0 Å². The van der Waals surface area contributed by atoms with Crippen LogP contribution in [-0.4, -0.2) is 22.0 Å². The van der Waals surface area contributed by atoms with Gasteiger partial charge in [-0.05, 0) is 50.7 Å². The number of unbranched alkanes of at least 4 members (excludes halogenated alkanes) is 1. The zero-order valence-electron chi connectivity index (χ0n) is 14.6. The second-order valence-corrected chi connectivity index (χ2v) is 6.55. The molecule has 1 aliphatic rings. The number of carboxylic acid groups (broad SMARTS) is 1. The van der Waals surface area contributed by atoms with Gasteiger partial charge in [0.15, 0.2) is 0 Å². The number of aryl methyl sites for hydroxylation is 1. The van der Waals surface area contributed by atoms with Crippen molar-refractivity contribution in [3.8, 4) is 0 Å². The van der Waals surface area contributed by atoms with Gasteiger partial charge in [-0.15, -0.1) is 0 Å². The molecular weight excluding hydrogens is 320 g/mol. The summed E-state index contributed by atoms with van der Waals surface area (Å²) in [5.41, 5.74) is 0. The zero-order valence-corrected chi connectivity index (χ0v) is 14.6. The fourth-order valence-electron chi connectivity index (χ4n) is 3.16. The van der Waals surface area contributed by atoms with E-state index in [1.807, 2.05) is 31.2 Å². The number of hydrogen-bond donors (Lipinski definition) is 2. The Hall–Kier alpha value is -2.14. The molecule has 25 heavy (non-hydrogen) atoms. The first kappa shape index (κ1) is 19.2. The SMILES string of the molecule is Cc1ccc(C(O)C=CC2CCC(=O)C2CC=CCCCC(=O)O)o1. The van der Waals surface area contributed by atoms with E-state index in [9.17, 15) is 14.7 Å². The molecule has 0 bridgehead atoms. The molecule has 1 fully saturated rings. The number of carbonyl (C=O) groups is 2. The van der Waals surface area contributed by atoms with Crippen molar-refractivity contribution < 1.29 is 24.2 Å². The first-order valence-electron chi connectivity index (χ1n) is 8.79. The molecular formula is C20H26O5. The highest BCUT2D eigenvalue weighted by Gasteiger charge is 2.31. The van der Waals surface area contributed by atoms with Crippen LogP contribution in [0.4, 0.5) is 0 Å². The van der Waals surface area contributed by atoms with Crippen LogP contribution in [-0.2, 0) is 9.59 Å². The molecule has 0 aromatic carbocycles. The predicted molar refractivity (Wildman–Crippen MR) is 94.0 cm³/mol. The molecule has 0 radical (unpaired) electrons. The second kappa shape index (κ2) is 9.37. The van der Waals surface area contributed by atoms with Gasteiger partial charge in [-0.25, -0.2) is 0 Å². The fourth-order valence-corrected chi connectivity index (χ4v) is 3.16. The number of aliphatic hydroxyl groups is 1. The Kier molecular flexibility index (Phi) is 7.19. The minimum Gasteiger partial charge on any atom is -0.481 e. The van der Waals surface area contributed by atoms with Crippen LogP contribution in [0, 0.1) is 18.8 Å². The van der Waals surface area contributed by atoms with E-state index in [0.717, 1.165) is 12.2 Å². The largest absolute Gasteiger partial charge is 0.481 e. The number of ketones is 1. The van der Waals surface area contributed by atoms with Crippen LogP contribution in [0.15, 0.2) is 40.9 Å². The van der Waals surface area contributed by atoms with Crippen molar-refractivity contribution >= 4 is 11.8 Å². The maximum absolute atomic E-state index is 12.1. The molecule has 1 aromatic heterocycles. The summed E-state index contributed by atoms with van der Waals surface area (Å²) in [5, 5.41) is 18.7. The van der Waals surface area contributed by atoms with Crippen molar-refractivity contribution in [1.82, 2.24) is 0 Å². The Balaban J connectivity index is 1.84. The van der Waals surface area contributed by atoms with Crippen molar-refractivity contribution in [2.24, 2.45) is 11.8 Å². The molecule has 5 nitrogen and oxygen atoms in total. The molecule has 0 saturated heterocycles. The van der Waals surface area contributed by atoms with Gasteiger partial charge in [0.05, 0.1) is 0 Å². The van der Waals surface area contributed by atoms with Crippen LogP contribution >= 0.6 is 0 Å². The minimum atomic E-state index is -0.795. The molecule has 2 N–H and O–H groups in total. The van der Waals surface area contributed by atoms with E-state index in [1.54, 1.807) is 12.1 Å². The van der Waals surface area contributed by atoms with E-state index in [1.165, 1.54) is 0 Å². The molecule has 3 atom stereocenters. The molecule has 0 amide bonds. The van der Waals surface area contributed by atoms with Crippen molar-refractivity contribution in [3.05, 3.63) is 48.0 Å². The van der Waals surface area contributed by atoms with Gasteiger partial charge in [-0.3, -0.25) is 9.59 Å². The van der Waals surface area contributed by atoms with E-state index in [0.29, 0.717) is 31.4 Å². The number of furan rings is 1. The fraction of sp³-hybridized carbons (Fsp3) is 0.500. The number of aliphatic carboxylic acids is 1. The summed E-state index contributed by atoms with van der Waals surface area (Å²) in [4.78, 5) is 22.5. The van der Waals surface area contributed by atoms with Crippen LogP contribution in [0.2, 0.25) is 0 Å². The molecule has 1 aromatic rings. The number of carboxylic acids is 1. The summed E-state index contributed by atoms with van der Waals surface area (Å²) in [6.45, 7) is 1.83. The first-order valence-corrected chi connectivity index (χ1v) is 8.79. The van der Waals surface area contributed by atoms with E-state index in [2.05, 4.69) is 0 Å². The van der Waals surface area contributed by atoms with E-state index in [4.69, 9.17) is 9.52 Å². The third-order valence-corrected chi connectivity index (χ3v) is 4.57. The van der Waals surface area contributed by atoms with E-state index in [-0.39, 0.29) is 24.0 Å². The average Bonchev–Trinajstić information content (AvgIpc) is 3.15. The Labute approximate surface area is 148 Å². The summed E-state index contributed by atoms with van der Waals surface area (Å²) in [7, 11) is 0. The van der Waals surface area contributed by atoms with Crippen molar-refractivity contribution in [3.63, 3.8) is 0 Å². The normalized spacial score (nSPS) is 22.2. The highest BCUT2D eigenvalue weighted by atomic mass is 16.4. The first-order chi connectivity index (χ1) is 12.0. The number of carbonyl (C=O) groups excluding carboxylic acids is 1. The van der Waals surface area contributed by atoms with Gasteiger partial charge in [0.25, 0.3) is 0 Å². The molecule has 136 valence electrons. The topological polar surface area (TPSA) is 87.7 Å². The lowest BCUT2D eigenvalue weighted by Gasteiger charge is -2.13. The van der Waals surface area contributed by atoms with Crippen LogP contribution in [0.3, 0.4) is 0 Å². The number of rotatable bonds is 9. The standard InChI is InChI=1S/C20H26O5/c1-14-8-13-19(25-14)18(22)12-10-15-9-11-17(21)16(15)6-4-2-3-5-7-20(23)24/h2,4,8,10,12-13,15-16,18,22H,3,5-7,9,11H2,1H3,(H,23,24). The predicted octanol–water partition coefficient (Wildman–Crippen LogP) is 3.97. The van der Waals surface area contributed by atoms with Gasteiger partial charge in [-0.2, -0.15) is 0 Å². The number of hydrogen-bond acceptors (Lipinski definition) is 4. The average molecular weight is 346 g/mol. The maximum atomic E-state index is 12.1. The van der Waals surface area contributed by atoms with Crippen molar-refractivity contribution in [1.29, 1.82) is 0 Å². The van der Waals surface area contributed by atoms with Crippen molar-refractivity contribution in [2.45, 2.75) is 51.6 Å². The highest BCUT2D eigenvalue weighted by molar-refractivity contribution is 5.83. The summed E-state index contributed by atoms with van der Waals surface area (Å²) in [5.74, 6) is 0.805. The maximum Gasteiger partial charge on any atom is 0.303 e. The summed E-state index contributed by atoms with van der Waals surface area (Å²) < 4.78 is 5.41. The van der Waals surface area contributed by atoms with E-state index < -0.39 is 12.1 Å². The van der Waals surface area contributed by atoms with Gasteiger partial charge >= 0.3 is 5.97 Å². The van der Waals surface area contributed by atoms with Gasteiger partial charge in [-0.1, -0.05) is 24.3 Å². The lowest BCUT2D eigenvalue weighted by Crippen LogP contribution is -2.12. The van der Waals surface area contributed by atoms with Crippen LogP contribution < -0.4 is 0 Å². The lowest BCUT2D eigenvalue weighted by molar-refractivity contribution is -0.137. The molecule has 1 heterocycles. The minimum absolute atomic E-state index is 0.0579. The van der Waals surface area contributed by atoms with Crippen LogP contribution in [0.1, 0.15) is 56.1 Å². The number of aliphatic hydroxyl groups excluding tert-OH is 1. The Bertz CT molecular complexity index is 640. The smallest absolute Gasteiger partial charge is 0.303 e. The van der Waals surface area contributed by atoms with Gasteiger partial charge in [0.1, 0.15) is 23.4 Å². The molecule has 0 aliphatic heterocycles. The number of allylic oxidation sites excluding steroid dienone is 3. The Morgan fingerprint density at radius 3 is 2.88 bits per heavy atom. The zero-order chi connectivity index (χ0) is 18.2. The second-order valence-electron chi connectivity index (χ2n) is 6.55. The number of Topliss-reactive ketones (excluding diaryl/α,β-unsaturated/α-hetero) is 1. The summed E-state index contributed by atoms with van der Waals surface area (Å²) in [6, 6.07) is 3.56. The van der Waals surface area contributed by atoms with Gasteiger partial charge in [0.2, 0.25) is 0 Å². The highest BCUT2D eigenvalue weighted by Crippen LogP contribution is 2.33.